The topological polar surface area (TPSA) is 54.0 Å². The van der Waals surface area contributed by atoms with Crippen LogP contribution >= 0.6 is 0 Å². The molecule has 0 radical (unpaired) electrons. The van der Waals surface area contributed by atoms with Crippen molar-refractivity contribution >= 4 is 5.97 Å². The molecule has 3 aromatic carbocycles. The van der Waals surface area contributed by atoms with Crippen molar-refractivity contribution in [2.75, 3.05) is 13.9 Å². The van der Waals surface area contributed by atoms with Crippen molar-refractivity contribution in [3.05, 3.63) is 77.9 Å². The highest BCUT2D eigenvalue weighted by Crippen LogP contribution is 2.37. The van der Waals surface area contributed by atoms with E-state index in [1.807, 2.05) is 54.6 Å². The van der Waals surface area contributed by atoms with Crippen LogP contribution in [0.5, 0.6) is 17.2 Å². The van der Waals surface area contributed by atoms with Gasteiger partial charge >= 0.3 is 5.97 Å². The molecule has 0 bridgehead atoms. The first kappa shape index (κ1) is 17.0. The van der Waals surface area contributed by atoms with Crippen LogP contribution in [-0.2, 0) is 11.3 Å². The molecule has 5 heteroatoms. The van der Waals surface area contributed by atoms with E-state index in [0.717, 1.165) is 16.7 Å². The Hall–Kier alpha value is -3.47. The second-order valence-electron chi connectivity index (χ2n) is 6.08. The molecule has 0 amide bonds. The number of carbonyl (C=O) groups is 1. The fraction of sp³-hybridized carbons (Fsp3) is 0.136. The third-order valence-electron chi connectivity index (χ3n) is 4.28. The zero-order chi connectivity index (χ0) is 18.6. The first-order valence-electron chi connectivity index (χ1n) is 8.53. The molecule has 3 aromatic rings. The summed E-state index contributed by atoms with van der Waals surface area (Å²) in [6, 6.07) is 20.9. The molecule has 0 aromatic heterocycles. The highest BCUT2D eigenvalue weighted by atomic mass is 16.7. The average Bonchev–Trinajstić information content (AvgIpc) is 3.20. The Morgan fingerprint density at radius 2 is 1.74 bits per heavy atom. The van der Waals surface area contributed by atoms with Crippen molar-refractivity contribution < 1.29 is 23.7 Å². The number of hydrogen-bond acceptors (Lipinski definition) is 5. The van der Waals surface area contributed by atoms with Crippen LogP contribution in [0, 0.1) is 0 Å². The number of fused-ring (bicyclic) bond motifs is 1. The van der Waals surface area contributed by atoms with Gasteiger partial charge < -0.3 is 18.9 Å². The summed E-state index contributed by atoms with van der Waals surface area (Å²) >= 11 is 0. The zero-order valence-corrected chi connectivity index (χ0v) is 14.8. The highest BCUT2D eigenvalue weighted by molar-refractivity contribution is 5.91. The number of carbonyl (C=O) groups excluding carboxylic acids is 1. The summed E-state index contributed by atoms with van der Waals surface area (Å²) in [4.78, 5) is 12.1. The van der Waals surface area contributed by atoms with Gasteiger partial charge in [-0.25, -0.2) is 4.79 Å². The fourth-order valence-electron chi connectivity index (χ4n) is 2.90. The maximum absolute atomic E-state index is 12.1. The molecule has 0 N–H and O–H groups in total. The molecule has 0 atom stereocenters. The van der Waals surface area contributed by atoms with Crippen molar-refractivity contribution in [1.82, 2.24) is 0 Å². The third-order valence-corrected chi connectivity index (χ3v) is 4.28. The number of ether oxygens (including phenoxy) is 4. The molecule has 136 valence electrons. The Bertz CT molecular complexity index is 966. The lowest BCUT2D eigenvalue weighted by molar-refractivity contribution is 0.0600. The van der Waals surface area contributed by atoms with Crippen LogP contribution in [-0.4, -0.2) is 19.9 Å². The number of rotatable bonds is 5. The second kappa shape index (κ2) is 7.41. The number of benzene rings is 3. The fourth-order valence-corrected chi connectivity index (χ4v) is 2.90. The molecule has 5 nitrogen and oxygen atoms in total. The lowest BCUT2D eigenvalue weighted by Crippen LogP contribution is -2.03. The van der Waals surface area contributed by atoms with Crippen molar-refractivity contribution in [3.8, 4) is 28.4 Å². The molecule has 1 aliphatic rings. The monoisotopic (exact) mass is 362 g/mol. The molecule has 0 fully saturated rings. The summed E-state index contributed by atoms with van der Waals surface area (Å²) in [6.07, 6.45) is 0. The van der Waals surface area contributed by atoms with Crippen LogP contribution in [0.15, 0.2) is 66.7 Å². The molecular weight excluding hydrogens is 344 g/mol. The summed E-state index contributed by atoms with van der Waals surface area (Å²) < 4.78 is 21.6. The first-order valence-corrected chi connectivity index (χ1v) is 8.53. The third kappa shape index (κ3) is 3.72. The quantitative estimate of drug-likeness (QED) is 0.628. The predicted molar refractivity (Wildman–Crippen MR) is 100 cm³/mol. The van der Waals surface area contributed by atoms with E-state index in [1.165, 1.54) is 7.11 Å². The van der Waals surface area contributed by atoms with Gasteiger partial charge in [-0.3, -0.25) is 0 Å². The van der Waals surface area contributed by atoms with E-state index in [9.17, 15) is 4.79 Å². The minimum atomic E-state index is -0.415. The molecule has 1 heterocycles. The lowest BCUT2D eigenvalue weighted by Gasteiger charge is -2.11. The Labute approximate surface area is 157 Å². The standard InChI is InChI=1S/C22H18O5/c1-24-22(23)18-9-17(16-7-8-20-21(12-16)27-14-26-20)10-19(11-18)25-13-15-5-3-2-4-6-15/h2-12H,13-14H2,1H3. The predicted octanol–water partition coefficient (Wildman–Crippen LogP) is 4.45. The molecule has 27 heavy (non-hydrogen) atoms. The SMILES string of the molecule is COC(=O)c1cc(OCc2ccccc2)cc(-c2ccc3c(c2)OCO3)c1. The van der Waals surface area contributed by atoms with Crippen molar-refractivity contribution in [1.29, 1.82) is 0 Å². The van der Waals surface area contributed by atoms with Gasteiger partial charge in [-0.1, -0.05) is 36.4 Å². The summed E-state index contributed by atoms with van der Waals surface area (Å²) in [5.74, 6) is 1.57. The van der Waals surface area contributed by atoms with Gasteiger partial charge in [0.05, 0.1) is 12.7 Å². The maximum Gasteiger partial charge on any atom is 0.338 e. The van der Waals surface area contributed by atoms with Crippen molar-refractivity contribution in [2.45, 2.75) is 6.61 Å². The minimum Gasteiger partial charge on any atom is -0.489 e. The van der Waals surface area contributed by atoms with Gasteiger partial charge in [-0.05, 0) is 47.0 Å². The maximum atomic E-state index is 12.1. The van der Waals surface area contributed by atoms with Gasteiger partial charge in [0, 0.05) is 0 Å². The molecule has 0 unspecified atom stereocenters. The van der Waals surface area contributed by atoms with Gasteiger partial charge in [-0.2, -0.15) is 0 Å². The number of esters is 1. The molecule has 0 spiro atoms. The molecular formula is C22H18O5. The van der Waals surface area contributed by atoms with Gasteiger partial charge in [-0.15, -0.1) is 0 Å². The van der Waals surface area contributed by atoms with E-state index in [0.29, 0.717) is 29.4 Å². The van der Waals surface area contributed by atoms with E-state index in [4.69, 9.17) is 18.9 Å². The van der Waals surface area contributed by atoms with Gasteiger partial charge in [0.2, 0.25) is 6.79 Å². The first-order chi connectivity index (χ1) is 13.2. The molecule has 1 aliphatic heterocycles. The smallest absolute Gasteiger partial charge is 0.338 e. The van der Waals surface area contributed by atoms with E-state index < -0.39 is 5.97 Å². The lowest BCUT2D eigenvalue weighted by atomic mass is 10.0. The van der Waals surface area contributed by atoms with Crippen molar-refractivity contribution in [3.63, 3.8) is 0 Å². The van der Waals surface area contributed by atoms with Crippen LogP contribution in [0.1, 0.15) is 15.9 Å². The average molecular weight is 362 g/mol. The Morgan fingerprint density at radius 1 is 0.926 bits per heavy atom. The molecule has 0 aliphatic carbocycles. The van der Waals surface area contributed by atoms with Crippen LogP contribution in [0.25, 0.3) is 11.1 Å². The summed E-state index contributed by atoms with van der Waals surface area (Å²) in [6.45, 7) is 0.623. The molecule has 0 saturated heterocycles. The van der Waals surface area contributed by atoms with Gasteiger partial charge in [0.1, 0.15) is 12.4 Å². The van der Waals surface area contributed by atoms with Crippen molar-refractivity contribution in [2.24, 2.45) is 0 Å². The summed E-state index contributed by atoms with van der Waals surface area (Å²) in [5.41, 5.74) is 3.20. The van der Waals surface area contributed by atoms with Gasteiger partial charge in [0.15, 0.2) is 11.5 Å². The Morgan fingerprint density at radius 3 is 2.56 bits per heavy atom. The zero-order valence-electron chi connectivity index (χ0n) is 14.8. The van der Waals surface area contributed by atoms with E-state index in [1.54, 1.807) is 12.1 Å². The Kier molecular flexibility index (Phi) is 4.66. The highest BCUT2D eigenvalue weighted by Gasteiger charge is 2.16. The largest absolute Gasteiger partial charge is 0.489 e. The van der Waals surface area contributed by atoms with Crippen LogP contribution in [0.3, 0.4) is 0 Å². The van der Waals surface area contributed by atoms with Gasteiger partial charge in [0.25, 0.3) is 0 Å². The number of methoxy groups -OCH3 is 1. The molecule has 0 saturated carbocycles. The summed E-state index contributed by atoms with van der Waals surface area (Å²) in [7, 11) is 1.36. The van der Waals surface area contributed by atoms with Crippen LogP contribution in [0.4, 0.5) is 0 Å². The van der Waals surface area contributed by atoms with E-state index in [2.05, 4.69) is 0 Å². The molecule has 4 rings (SSSR count). The van der Waals surface area contributed by atoms with E-state index in [-0.39, 0.29) is 6.79 Å². The second-order valence-corrected chi connectivity index (χ2v) is 6.08. The van der Waals surface area contributed by atoms with Crippen LogP contribution < -0.4 is 14.2 Å². The Balaban J connectivity index is 1.67. The number of hydrogen-bond donors (Lipinski definition) is 0. The minimum absolute atomic E-state index is 0.215. The van der Waals surface area contributed by atoms with E-state index >= 15 is 0 Å². The van der Waals surface area contributed by atoms with Crippen LogP contribution in [0.2, 0.25) is 0 Å². The normalized spacial score (nSPS) is 11.9. The summed E-state index contributed by atoms with van der Waals surface area (Å²) in [5, 5.41) is 0.